The van der Waals surface area contributed by atoms with Crippen LogP contribution in [0.4, 0.5) is 10.5 Å². The number of nitrogens with one attached hydrogen (secondary N) is 2. The molecule has 2 aromatic rings. The number of rotatable bonds is 8. The van der Waals surface area contributed by atoms with Gasteiger partial charge >= 0.3 is 6.03 Å². The van der Waals surface area contributed by atoms with Gasteiger partial charge in [0, 0.05) is 22.9 Å². The number of ether oxygens (including phenoxy) is 1. The van der Waals surface area contributed by atoms with E-state index in [1.165, 1.54) is 6.08 Å². The van der Waals surface area contributed by atoms with Crippen molar-refractivity contribution >= 4 is 23.6 Å². The van der Waals surface area contributed by atoms with Crippen molar-refractivity contribution in [2.75, 3.05) is 11.9 Å². The summed E-state index contributed by atoms with van der Waals surface area (Å²) in [6, 6.07) is 14.0. The van der Waals surface area contributed by atoms with Crippen LogP contribution in [0.25, 0.3) is 6.08 Å². The molecular weight excluding hydrogens is 340 g/mol. The van der Waals surface area contributed by atoms with Crippen LogP contribution in [0, 0.1) is 0 Å². The predicted molar refractivity (Wildman–Crippen MR) is 109 cm³/mol. The van der Waals surface area contributed by atoms with E-state index in [4.69, 9.17) is 4.74 Å². The molecule has 0 saturated heterocycles. The van der Waals surface area contributed by atoms with Gasteiger partial charge in [-0.25, -0.2) is 4.79 Å². The summed E-state index contributed by atoms with van der Waals surface area (Å²) in [6.45, 7) is 7.80. The Hall–Kier alpha value is -3.34. The molecule has 0 atom stereocenters. The summed E-state index contributed by atoms with van der Waals surface area (Å²) in [6.07, 6.45) is 4.90. The van der Waals surface area contributed by atoms with Gasteiger partial charge < -0.3 is 15.4 Å². The molecule has 0 aliphatic heterocycles. The van der Waals surface area contributed by atoms with E-state index in [0.29, 0.717) is 23.6 Å². The number of anilines is 1. The number of allylic oxidation sites excluding steroid dienone is 1. The van der Waals surface area contributed by atoms with E-state index in [9.17, 15) is 9.59 Å². The summed E-state index contributed by atoms with van der Waals surface area (Å²) in [5.74, 6) is 0.559. The zero-order valence-corrected chi connectivity index (χ0v) is 15.6. The minimum absolute atomic E-state index is 0.0503. The molecular formula is C22H24N2O3. The van der Waals surface area contributed by atoms with E-state index in [1.54, 1.807) is 36.4 Å². The number of hydrogen-bond donors (Lipinski definition) is 2. The van der Waals surface area contributed by atoms with Crippen LogP contribution in [0.15, 0.2) is 67.3 Å². The van der Waals surface area contributed by atoms with Gasteiger partial charge in [0.2, 0.25) is 0 Å². The largest absolute Gasteiger partial charge is 0.489 e. The molecule has 2 N–H and O–H groups in total. The SMILES string of the molecule is C=CCOc1ccccc1C=CC(=O)c1ccc(NC(=O)NC(C)C)cc1. The Kier molecular flexibility index (Phi) is 7.37. The first-order valence-corrected chi connectivity index (χ1v) is 8.72. The predicted octanol–water partition coefficient (Wildman–Crippen LogP) is 4.68. The maximum Gasteiger partial charge on any atom is 0.319 e. The number of carbonyl (C=O) groups is 2. The van der Waals surface area contributed by atoms with E-state index >= 15 is 0 Å². The molecule has 27 heavy (non-hydrogen) atoms. The van der Waals surface area contributed by atoms with Gasteiger partial charge in [0.1, 0.15) is 12.4 Å². The third-order valence-electron chi connectivity index (χ3n) is 3.54. The average Bonchev–Trinajstić information content (AvgIpc) is 2.65. The smallest absolute Gasteiger partial charge is 0.319 e. The van der Waals surface area contributed by atoms with E-state index in [1.807, 2.05) is 38.1 Å². The van der Waals surface area contributed by atoms with Crippen molar-refractivity contribution in [2.24, 2.45) is 0 Å². The van der Waals surface area contributed by atoms with Crippen molar-refractivity contribution in [3.05, 3.63) is 78.4 Å². The Bertz CT molecular complexity index is 824. The minimum Gasteiger partial charge on any atom is -0.489 e. The normalized spacial score (nSPS) is 10.6. The summed E-state index contributed by atoms with van der Waals surface area (Å²) in [5, 5.41) is 5.46. The molecule has 0 aliphatic carbocycles. The minimum atomic E-state index is -0.278. The number of urea groups is 1. The second-order valence-corrected chi connectivity index (χ2v) is 6.17. The highest BCUT2D eigenvalue weighted by molar-refractivity contribution is 6.07. The summed E-state index contributed by atoms with van der Waals surface area (Å²) >= 11 is 0. The van der Waals surface area contributed by atoms with Gasteiger partial charge in [-0.1, -0.05) is 30.9 Å². The zero-order chi connectivity index (χ0) is 19.6. The van der Waals surface area contributed by atoms with Gasteiger partial charge in [-0.05, 0) is 56.3 Å². The van der Waals surface area contributed by atoms with Crippen LogP contribution in [-0.2, 0) is 0 Å². The quantitative estimate of drug-likeness (QED) is 0.406. The summed E-state index contributed by atoms with van der Waals surface area (Å²) in [5.41, 5.74) is 1.97. The molecule has 0 radical (unpaired) electrons. The van der Waals surface area contributed by atoms with Gasteiger partial charge in [0.15, 0.2) is 5.78 Å². The molecule has 0 fully saturated rings. The fourth-order valence-electron chi connectivity index (χ4n) is 2.31. The average molecular weight is 364 g/mol. The van der Waals surface area contributed by atoms with E-state index < -0.39 is 0 Å². The van der Waals surface area contributed by atoms with Crippen LogP contribution in [0.1, 0.15) is 29.8 Å². The topological polar surface area (TPSA) is 67.4 Å². The van der Waals surface area contributed by atoms with Crippen molar-refractivity contribution in [2.45, 2.75) is 19.9 Å². The maximum absolute atomic E-state index is 12.4. The Balaban J connectivity index is 2.03. The standard InChI is InChI=1S/C22H24N2O3/c1-4-15-27-21-8-6-5-7-18(21)11-14-20(25)17-9-12-19(13-10-17)24-22(26)23-16(2)3/h4-14,16H,1,15H2,2-3H3,(H2,23,24,26). The van der Waals surface area contributed by atoms with Gasteiger partial charge in [-0.15, -0.1) is 0 Å². The second-order valence-electron chi connectivity index (χ2n) is 6.17. The first-order chi connectivity index (χ1) is 13.0. The molecule has 0 unspecified atom stereocenters. The number of para-hydroxylation sites is 1. The highest BCUT2D eigenvalue weighted by atomic mass is 16.5. The Morgan fingerprint density at radius 1 is 1.11 bits per heavy atom. The molecule has 5 heteroatoms. The molecule has 2 rings (SSSR count). The lowest BCUT2D eigenvalue weighted by molar-refractivity contribution is 0.104. The number of amides is 2. The fourth-order valence-corrected chi connectivity index (χ4v) is 2.31. The maximum atomic E-state index is 12.4. The number of carbonyl (C=O) groups excluding carboxylic acids is 2. The molecule has 2 amide bonds. The molecule has 0 spiro atoms. The van der Waals surface area contributed by atoms with Crippen molar-refractivity contribution in [3.8, 4) is 5.75 Å². The number of ketones is 1. The lowest BCUT2D eigenvalue weighted by atomic mass is 10.1. The molecule has 5 nitrogen and oxygen atoms in total. The van der Waals surface area contributed by atoms with Gasteiger partial charge in [-0.3, -0.25) is 4.79 Å². The fraction of sp³-hybridized carbons (Fsp3) is 0.182. The highest BCUT2D eigenvalue weighted by Crippen LogP contribution is 2.20. The zero-order valence-electron chi connectivity index (χ0n) is 15.6. The van der Waals surface area contributed by atoms with Gasteiger partial charge in [-0.2, -0.15) is 0 Å². The van der Waals surface area contributed by atoms with Gasteiger partial charge in [0.25, 0.3) is 0 Å². The molecule has 140 valence electrons. The third kappa shape index (κ3) is 6.47. The van der Waals surface area contributed by atoms with E-state index in [0.717, 1.165) is 5.56 Å². The van der Waals surface area contributed by atoms with Crippen LogP contribution < -0.4 is 15.4 Å². The first-order valence-electron chi connectivity index (χ1n) is 8.72. The number of hydrogen-bond acceptors (Lipinski definition) is 3. The lowest BCUT2D eigenvalue weighted by Gasteiger charge is -2.10. The second kappa shape index (κ2) is 9.97. The Morgan fingerprint density at radius 3 is 2.48 bits per heavy atom. The molecule has 0 aromatic heterocycles. The summed E-state index contributed by atoms with van der Waals surface area (Å²) in [7, 11) is 0. The van der Waals surface area contributed by atoms with E-state index in [2.05, 4.69) is 17.2 Å². The molecule has 0 heterocycles. The van der Waals surface area contributed by atoms with Crippen LogP contribution >= 0.6 is 0 Å². The highest BCUT2D eigenvalue weighted by Gasteiger charge is 2.06. The third-order valence-corrected chi connectivity index (χ3v) is 3.54. The van der Waals surface area contributed by atoms with Crippen LogP contribution in [0.2, 0.25) is 0 Å². The molecule has 0 aliphatic rings. The Morgan fingerprint density at radius 2 is 1.81 bits per heavy atom. The first kappa shape index (κ1) is 20.0. The van der Waals surface area contributed by atoms with Crippen molar-refractivity contribution in [3.63, 3.8) is 0 Å². The Labute approximate surface area is 159 Å². The van der Waals surface area contributed by atoms with E-state index in [-0.39, 0.29) is 17.9 Å². The van der Waals surface area contributed by atoms with Crippen LogP contribution in [-0.4, -0.2) is 24.5 Å². The molecule has 0 bridgehead atoms. The molecule has 0 saturated carbocycles. The number of benzene rings is 2. The lowest BCUT2D eigenvalue weighted by Crippen LogP contribution is -2.34. The van der Waals surface area contributed by atoms with Crippen LogP contribution in [0.5, 0.6) is 5.75 Å². The molecule has 2 aromatic carbocycles. The van der Waals surface area contributed by atoms with Crippen LogP contribution in [0.3, 0.4) is 0 Å². The van der Waals surface area contributed by atoms with Crippen molar-refractivity contribution in [1.82, 2.24) is 5.32 Å². The monoisotopic (exact) mass is 364 g/mol. The van der Waals surface area contributed by atoms with Crippen molar-refractivity contribution < 1.29 is 14.3 Å². The van der Waals surface area contributed by atoms with Crippen molar-refractivity contribution in [1.29, 1.82) is 0 Å². The van der Waals surface area contributed by atoms with Gasteiger partial charge in [0.05, 0.1) is 0 Å². The summed E-state index contributed by atoms with van der Waals surface area (Å²) in [4.78, 5) is 24.1. The summed E-state index contributed by atoms with van der Waals surface area (Å²) < 4.78 is 5.58.